The molecule has 5 heteroatoms. The summed E-state index contributed by atoms with van der Waals surface area (Å²) in [6.07, 6.45) is 1.29. The molecule has 0 aromatic heterocycles. The molecule has 0 aromatic rings. The Labute approximate surface area is 135 Å². The maximum Gasteiger partial charge on any atom is 0.508 e. The van der Waals surface area contributed by atoms with E-state index in [4.69, 9.17) is 9.47 Å². The topological polar surface area (TPSA) is 76.0 Å². The van der Waals surface area contributed by atoms with Crippen molar-refractivity contribution in [2.75, 3.05) is 13.2 Å². The van der Waals surface area contributed by atoms with E-state index in [0.717, 1.165) is 12.8 Å². The van der Waals surface area contributed by atoms with Crippen molar-refractivity contribution in [3.05, 3.63) is 0 Å². The first-order valence-corrected chi connectivity index (χ1v) is 8.22. The van der Waals surface area contributed by atoms with Crippen molar-refractivity contribution in [2.24, 2.45) is 10.8 Å². The van der Waals surface area contributed by atoms with Crippen molar-refractivity contribution in [3.63, 3.8) is 0 Å². The number of aliphatic hydroxyl groups is 2. The zero-order valence-electron chi connectivity index (χ0n) is 15.0. The monoisotopic (exact) mass is 318 g/mol. The van der Waals surface area contributed by atoms with Crippen molar-refractivity contribution in [3.8, 4) is 0 Å². The lowest BCUT2D eigenvalue weighted by Crippen LogP contribution is -2.37. The van der Waals surface area contributed by atoms with Crippen molar-refractivity contribution in [1.29, 1.82) is 0 Å². The molecule has 0 amide bonds. The van der Waals surface area contributed by atoms with Crippen molar-refractivity contribution >= 4 is 6.16 Å². The van der Waals surface area contributed by atoms with Gasteiger partial charge in [-0.15, -0.1) is 0 Å². The van der Waals surface area contributed by atoms with Crippen molar-refractivity contribution in [1.82, 2.24) is 0 Å². The Morgan fingerprint density at radius 2 is 1.18 bits per heavy atom. The highest BCUT2D eigenvalue weighted by Crippen LogP contribution is 2.26. The SMILES string of the molecule is CCCC(O)C(C)(C)COC(=O)OCC(C)(C)C(O)CCC. The maximum absolute atomic E-state index is 11.7. The maximum atomic E-state index is 11.7. The Morgan fingerprint density at radius 1 is 0.864 bits per heavy atom. The van der Waals surface area contributed by atoms with Gasteiger partial charge in [0.05, 0.1) is 12.2 Å². The molecule has 0 saturated carbocycles. The molecule has 0 aromatic carbocycles. The van der Waals surface area contributed by atoms with Gasteiger partial charge in [0, 0.05) is 10.8 Å². The fourth-order valence-corrected chi connectivity index (χ4v) is 2.05. The smallest absolute Gasteiger partial charge is 0.434 e. The fourth-order valence-electron chi connectivity index (χ4n) is 2.05. The van der Waals surface area contributed by atoms with E-state index in [1.54, 1.807) is 0 Å². The summed E-state index contributed by atoms with van der Waals surface area (Å²) in [6, 6.07) is 0. The van der Waals surface area contributed by atoms with Gasteiger partial charge in [-0.1, -0.05) is 54.4 Å². The first-order valence-electron chi connectivity index (χ1n) is 8.22. The van der Waals surface area contributed by atoms with E-state index < -0.39 is 29.2 Å². The summed E-state index contributed by atoms with van der Waals surface area (Å²) in [4.78, 5) is 11.7. The molecule has 0 aliphatic heterocycles. The van der Waals surface area contributed by atoms with Crippen LogP contribution >= 0.6 is 0 Å². The third kappa shape index (κ3) is 7.45. The third-order valence-electron chi connectivity index (χ3n) is 4.05. The van der Waals surface area contributed by atoms with Crippen LogP contribution in [0.4, 0.5) is 4.79 Å². The van der Waals surface area contributed by atoms with E-state index >= 15 is 0 Å². The van der Waals surface area contributed by atoms with Gasteiger partial charge in [0.2, 0.25) is 0 Å². The second-order valence-electron chi connectivity index (χ2n) is 7.41. The predicted molar refractivity (Wildman–Crippen MR) is 86.7 cm³/mol. The number of ether oxygens (including phenoxy) is 2. The van der Waals surface area contributed by atoms with Gasteiger partial charge in [0.25, 0.3) is 0 Å². The van der Waals surface area contributed by atoms with Crippen molar-refractivity contribution in [2.45, 2.75) is 79.4 Å². The lowest BCUT2D eigenvalue weighted by molar-refractivity contribution is -0.0479. The van der Waals surface area contributed by atoms with Gasteiger partial charge < -0.3 is 19.7 Å². The molecule has 0 heterocycles. The van der Waals surface area contributed by atoms with Crippen LogP contribution in [0.25, 0.3) is 0 Å². The molecule has 2 unspecified atom stereocenters. The Hall–Kier alpha value is -0.810. The fraction of sp³-hybridized carbons (Fsp3) is 0.941. The number of hydrogen-bond donors (Lipinski definition) is 2. The van der Waals surface area contributed by atoms with Crippen LogP contribution < -0.4 is 0 Å². The summed E-state index contributed by atoms with van der Waals surface area (Å²) < 4.78 is 10.2. The molecular formula is C17H34O5. The van der Waals surface area contributed by atoms with Gasteiger partial charge in [-0.05, 0) is 12.8 Å². The molecule has 22 heavy (non-hydrogen) atoms. The van der Waals surface area contributed by atoms with E-state index in [1.807, 2.05) is 41.5 Å². The van der Waals surface area contributed by atoms with E-state index in [2.05, 4.69) is 0 Å². The highest BCUT2D eigenvalue weighted by Gasteiger charge is 2.31. The highest BCUT2D eigenvalue weighted by atomic mass is 16.7. The standard InChI is InChI=1S/C17H34O5/c1-7-9-13(18)16(3,4)11-21-15(20)22-12-17(5,6)14(19)10-8-2/h13-14,18-19H,7-12H2,1-6H3. The second kappa shape index (κ2) is 9.36. The Morgan fingerprint density at radius 3 is 1.45 bits per heavy atom. The first kappa shape index (κ1) is 21.2. The summed E-state index contributed by atoms with van der Waals surface area (Å²) in [6.45, 7) is 11.6. The zero-order valence-corrected chi connectivity index (χ0v) is 15.0. The minimum Gasteiger partial charge on any atom is -0.434 e. The second-order valence-corrected chi connectivity index (χ2v) is 7.41. The molecule has 2 atom stereocenters. The highest BCUT2D eigenvalue weighted by molar-refractivity contribution is 5.59. The quantitative estimate of drug-likeness (QED) is 0.603. The number of rotatable bonds is 10. The molecule has 0 saturated heterocycles. The van der Waals surface area contributed by atoms with Crippen LogP contribution in [-0.2, 0) is 9.47 Å². The van der Waals surface area contributed by atoms with Gasteiger partial charge >= 0.3 is 6.16 Å². The molecule has 0 rings (SSSR count). The molecule has 0 spiro atoms. The molecule has 0 radical (unpaired) electrons. The predicted octanol–water partition coefficient (Wildman–Crippen LogP) is 3.51. The lowest BCUT2D eigenvalue weighted by atomic mass is 9.85. The van der Waals surface area contributed by atoms with Crippen LogP contribution in [0.5, 0.6) is 0 Å². The molecule has 2 N–H and O–H groups in total. The van der Waals surface area contributed by atoms with Crippen LogP contribution in [0.3, 0.4) is 0 Å². The van der Waals surface area contributed by atoms with E-state index in [9.17, 15) is 15.0 Å². The number of carbonyl (C=O) groups is 1. The molecule has 0 fully saturated rings. The Bertz CT molecular complexity index is 295. The van der Waals surface area contributed by atoms with Crippen LogP contribution in [0.15, 0.2) is 0 Å². The van der Waals surface area contributed by atoms with Crippen LogP contribution in [0.1, 0.15) is 67.2 Å². The zero-order chi connectivity index (χ0) is 17.4. The van der Waals surface area contributed by atoms with Crippen LogP contribution in [-0.4, -0.2) is 41.8 Å². The Kier molecular flexibility index (Phi) is 9.01. The molecule has 132 valence electrons. The van der Waals surface area contributed by atoms with Gasteiger partial charge in [-0.2, -0.15) is 0 Å². The molecule has 0 aliphatic rings. The van der Waals surface area contributed by atoms with E-state index in [0.29, 0.717) is 12.8 Å². The molecule has 5 nitrogen and oxygen atoms in total. The van der Waals surface area contributed by atoms with E-state index in [1.165, 1.54) is 0 Å². The molecule has 0 bridgehead atoms. The number of carbonyl (C=O) groups excluding carboxylic acids is 1. The minimum atomic E-state index is -0.756. The average Bonchev–Trinajstić information content (AvgIpc) is 2.43. The van der Waals surface area contributed by atoms with Crippen molar-refractivity contribution < 1.29 is 24.5 Å². The summed E-state index contributed by atoms with van der Waals surface area (Å²) in [5.41, 5.74) is -1.02. The summed E-state index contributed by atoms with van der Waals surface area (Å²) >= 11 is 0. The first-order chi connectivity index (χ1) is 10.1. The van der Waals surface area contributed by atoms with Gasteiger partial charge in [-0.3, -0.25) is 0 Å². The van der Waals surface area contributed by atoms with Crippen LogP contribution in [0.2, 0.25) is 0 Å². The summed E-state index contributed by atoms with van der Waals surface area (Å²) in [5.74, 6) is 0. The molecule has 0 aliphatic carbocycles. The normalized spacial score (nSPS) is 15.3. The van der Waals surface area contributed by atoms with Gasteiger partial charge in [0.1, 0.15) is 13.2 Å². The third-order valence-corrected chi connectivity index (χ3v) is 4.05. The Balaban J connectivity index is 4.24. The van der Waals surface area contributed by atoms with E-state index in [-0.39, 0.29) is 13.2 Å². The summed E-state index contributed by atoms with van der Waals surface area (Å²) in [5, 5.41) is 20.0. The lowest BCUT2D eigenvalue weighted by Gasteiger charge is -2.31. The summed E-state index contributed by atoms with van der Waals surface area (Å²) in [7, 11) is 0. The number of hydrogen-bond acceptors (Lipinski definition) is 5. The average molecular weight is 318 g/mol. The largest absolute Gasteiger partial charge is 0.508 e. The number of aliphatic hydroxyl groups excluding tert-OH is 2. The molecular weight excluding hydrogens is 284 g/mol. The van der Waals surface area contributed by atoms with Gasteiger partial charge in [-0.25, -0.2) is 4.79 Å². The van der Waals surface area contributed by atoms with Gasteiger partial charge in [0.15, 0.2) is 0 Å². The minimum absolute atomic E-state index is 0.102. The van der Waals surface area contributed by atoms with Crippen LogP contribution in [0, 0.1) is 10.8 Å².